The van der Waals surface area contributed by atoms with Gasteiger partial charge in [-0.2, -0.15) is 0 Å². The highest BCUT2D eigenvalue weighted by atomic mass is 32.2. The number of aromatic nitrogens is 3. The van der Waals surface area contributed by atoms with Crippen molar-refractivity contribution in [1.82, 2.24) is 19.9 Å². The Balaban J connectivity index is 1.29. The average molecular weight is 407 g/mol. The van der Waals surface area contributed by atoms with E-state index in [9.17, 15) is 0 Å². The van der Waals surface area contributed by atoms with Gasteiger partial charge in [0, 0.05) is 44.7 Å². The maximum atomic E-state index is 4.66. The molecule has 29 heavy (non-hydrogen) atoms. The molecule has 1 N–H and O–H groups in total. The zero-order chi connectivity index (χ0) is 19.9. The van der Waals surface area contributed by atoms with Crippen molar-refractivity contribution in [2.24, 2.45) is 0 Å². The first-order valence-corrected chi connectivity index (χ1v) is 10.9. The largest absolute Gasteiger partial charge is 0.365 e. The summed E-state index contributed by atoms with van der Waals surface area (Å²) in [5.41, 5.74) is 2.41. The van der Waals surface area contributed by atoms with Gasteiger partial charge in [0.15, 0.2) is 0 Å². The second-order valence-corrected chi connectivity index (χ2v) is 8.18. The maximum Gasteiger partial charge on any atom is 0.146 e. The Kier molecular flexibility index (Phi) is 6.59. The van der Waals surface area contributed by atoms with Crippen molar-refractivity contribution in [1.29, 1.82) is 0 Å². The van der Waals surface area contributed by atoms with Gasteiger partial charge in [-0.3, -0.25) is 4.98 Å². The third kappa shape index (κ3) is 5.68. The number of hydrogen-bond acceptors (Lipinski definition) is 7. The molecule has 6 nitrogen and oxygen atoms in total. The fraction of sp³-hybridized carbons (Fsp3) is 0.318. The lowest BCUT2D eigenvalue weighted by Crippen LogP contribution is -2.44. The third-order valence-corrected chi connectivity index (χ3v) is 5.92. The smallest absolute Gasteiger partial charge is 0.146 e. The minimum Gasteiger partial charge on any atom is -0.365 e. The van der Waals surface area contributed by atoms with Crippen molar-refractivity contribution in [3.05, 3.63) is 72.2 Å². The van der Waals surface area contributed by atoms with Gasteiger partial charge in [-0.25, -0.2) is 9.97 Å². The van der Waals surface area contributed by atoms with E-state index in [1.165, 1.54) is 5.56 Å². The molecule has 4 rings (SSSR count). The van der Waals surface area contributed by atoms with Crippen LogP contribution in [0.4, 0.5) is 11.6 Å². The summed E-state index contributed by atoms with van der Waals surface area (Å²) in [4.78, 5) is 18.3. The van der Waals surface area contributed by atoms with E-state index in [1.54, 1.807) is 18.0 Å². The molecule has 1 aromatic carbocycles. The Labute approximate surface area is 176 Å². The van der Waals surface area contributed by atoms with Crippen LogP contribution in [-0.4, -0.2) is 53.1 Å². The van der Waals surface area contributed by atoms with Gasteiger partial charge in [0.05, 0.1) is 12.4 Å². The molecule has 3 aromatic rings. The molecule has 1 aliphatic heterocycles. The summed E-state index contributed by atoms with van der Waals surface area (Å²) in [7, 11) is 2.16. The van der Waals surface area contributed by atoms with Crippen LogP contribution in [-0.2, 0) is 12.3 Å². The van der Waals surface area contributed by atoms with Gasteiger partial charge >= 0.3 is 0 Å². The van der Waals surface area contributed by atoms with Crippen LogP contribution in [0.15, 0.2) is 66.1 Å². The van der Waals surface area contributed by atoms with Crippen molar-refractivity contribution in [2.45, 2.75) is 17.3 Å². The van der Waals surface area contributed by atoms with Crippen molar-refractivity contribution in [2.75, 3.05) is 43.4 Å². The van der Waals surface area contributed by atoms with Gasteiger partial charge in [0.1, 0.15) is 16.7 Å². The molecule has 3 heterocycles. The van der Waals surface area contributed by atoms with E-state index >= 15 is 0 Å². The predicted octanol–water partition coefficient (Wildman–Crippen LogP) is 3.53. The number of nitrogens with zero attached hydrogens (tertiary/aromatic N) is 5. The average Bonchev–Trinajstić information content (AvgIpc) is 2.78. The molecule has 0 bridgehead atoms. The molecule has 0 spiro atoms. The second kappa shape index (κ2) is 9.71. The van der Waals surface area contributed by atoms with Crippen LogP contribution in [0.5, 0.6) is 0 Å². The van der Waals surface area contributed by atoms with Crippen LogP contribution in [0.1, 0.15) is 11.1 Å². The number of benzene rings is 1. The van der Waals surface area contributed by atoms with Gasteiger partial charge in [-0.05, 0) is 24.2 Å². The van der Waals surface area contributed by atoms with E-state index in [-0.39, 0.29) is 0 Å². The first-order chi connectivity index (χ1) is 14.3. The van der Waals surface area contributed by atoms with E-state index < -0.39 is 0 Å². The molecule has 0 saturated carbocycles. The van der Waals surface area contributed by atoms with Crippen molar-refractivity contribution in [3.63, 3.8) is 0 Å². The molecule has 0 unspecified atom stereocenters. The minimum atomic E-state index is 0.678. The highest BCUT2D eigenvalue weighted by Gasteiger charge is 2.14. The van der Waals surface area contributed by atoms with Gasteiger partial charge in [0.25, 0.3) is 0 Å². The summed E-state index contributed by atoms with van der Waals surface area (Å²) in [5.74, 6) is 2.73. The summed E-state index contributed by atoms with van der Waals surface area (Å²) < 4.78 is 0. The molecule has 0 atom stereocenters. The Hall–Kier alpha value is -2.64. The number of pyridine rings is 1. The van der Waals surface area contributed by atoms with Crippen LogP contribution in [0.25, 0.3) is 0 Å². The zero-order valence-corrected chi connectivity index (χ0v) is 17.5. The van der Waals surface area contributed by atoms with Crippen LogP contribution in [0, 0.1) is 0 Å². The lowest BCUT2D eigenvalue weighted by atomic mass is 10.2. The highest BCUT2D eigenvalue weighted by molar-refractivity contribution is 7.98. The number of hydrogen-bond donors (Lipinski definition) is 1. The van der Waals surface area contributed by atoms with Crippen LogP contribution >= 0.6 is 11.8 Å². The SMILES string of the molecule is CN1CCN(c2ccc(CNc3cncc(SCc4ccccc4)n3)cn2)CC1. The molecule has 0 radical (unpaired) electrons. The molecule has 1 fully saturated rings. The fourth-order valence-electron chi connectivity index (χ4n) is 3.17. The third-order valence-electron chi connectivity index (χ3n) is 4.95. The van der Waals surface area contributed by atoms with E-state index in [0.717, 1.165) is 54.2 Å². The van der Waals surface area contributed by atoms with Crippen LogP contribution < -0.4 is 10.2 Å². The Morgan fingerprint density at radius 3 is 2.52 bits per heavy atom. The maximum absolute atomic E-state index is 4.66. The number of likely N-dealkylation sites (N-methyl/N-ethyl adjacent to an activating group) is 1. The molecule has 0 amide bonds. The Morgan fingerprint density at radius 1 is 0.931 bits per heavy atom. The highest BCUT2D eigenvalue weighted by Crippen LogP contribution is 2.21. The number of piperazine rings is 1. The molecular formula is C22H26N6S. The summed E-state index contributed by atoms with van der Waals surface area (Å²) in [6.07, 6.45) is 5.52. The van der Waals surface area contributed by atoms with Crippen molar-refractivity contribution < 1.29 is 0 Å². The first-order valence-electron chi connectivity index (χ1n) is 9.87. The van der Waals surface area contributed by atoms with Gasteiger partial charge < -0.3 is 15.1 Å². The molecule has 1 saturated heterocycles. The molecule has 1 aliphatic rings. The number of anilines is 2. The number of nitrogens with one attached hydrogen (secondary N) is 1. The van der Waals surface area contributed by atoms with Gasteiger partial charge in [-0.15, -0.1) is 11.8 Å². The van der Waals surface area contributed by atoms with Crippen molar-refractivity contribution in [3.8, 4) is 0 Å². The standard InChI is InChI=1S/C22H26N6S/c1-27-9-11-28(12-10-27)21-8-7-19(14-25-21)13-24-20-15-23-16-22(26-20)29-17-18-5-3-2-4-6-18/h2-8,14-16H,9-13,17H2,1H3,(H,24,26). The molecule has 7 heteroatoms. The number of rotatable bonds is 7. The van der Waals surface area contributed by atoms with Gasteiger partial charge in [0.2, 0.25) is 0 Å². The van der Waals surface area contributed by atoms with Crippen LogP contribution in [0.3, 0.4) is 0 Å². The summed E-state index contributed by atoms with van der Waals surface area (Å²) in [6.45, 7) is 4.91. The predicted molar refractivity (Wildman–Crippen MR) is 119 cm³/mol. The lowest BCUT2D eigenvalue weighted by molar-refractivity contribution is 0.312. The fourth-order valence-corrected chi connectivity index (χ4v) is 3.98. The molecule has 2 aromatic heterocycles. The van der Waals surface area contributed by atoms with Crippen molar-refractivity contribution >= 4 is 23.4 Å². The summed E-state index contributed by atoms with van der Waals surface area (Å²) >= 11 is 1.69. The quantitative estimate of drug-likeness (QED) is 0.603. The van der Waals surface area contributed by atoms with E-state index in [2.05, 4.69) is 73.5 Å². The van der Waals surface area contributed by atoms with E-state index in [0.29, 0.717) is 6.54 Å². The lowest BCUT2D eigenvalue weighted by Gasteiger charge is -2.33. The number of thioether (sulfide) groups is 1. The summed E-state index contributed by atoms with van der Waals surface area (Å²) in [5, 5.41) is 4.28. The van der Waals surface area contributed by atoms with Crippen LogP contribution in [0.2, 0.25) is 0 Å². The minimum absolute atomic E-state index is 0.678. The van der Waals surface area contributed by atoms with E-state index in [1.807, 2.05) is 18.5 Å². The van der Waals surface area contributed by atoms with E-state index in [4.69, 9.17) is 0 Å². The molecule has 0 aliphatic carbocycles. The second-order valence-electron chi connectivity index (χ2n) is 7.19. The van der Waals surface area contributed by atoms with Gasteiger partial charge in [-0.1, -0.05) is 36.4 Å². The monoisotopic (exact) mass is 406 g/mol. The molecular weight excluding hydrogens is 380 g/mol. The first kappa shape index (κ1) is 19.7. The Morgan fingerprint density at radius 2 is 1.76 bits per heavy atom. The summed E-state index contributed by atoms with van der Waals surface area (Å²) in [6, 6.07) is 14.6. The molecule has 150 valence electrons. The topological polar surface area (TPSA) is 57.2 Å². The normalized spacial score (nSPS) is 14.7. The Bertz CT molecular complexity index is 895. The zero-order valence-electron chi connectivity index (χ0n) is 16.7.